The van der Waals surface area contributed by atoms with E-state index in [1.54, 1.807) is 0 Å². The highest BCUT2D eigenvalue weighted by molar-refractivity contribution is 7.99. The van der Waals surface area contributed by atoms with Gasteiger partial charge in [-0.2, -0.15) is 0 Å². The monoisotopic (exact) mass is 279 g/mol. The maximum atomic E-state index is 5.69. The van der Waals surface area contributed by atoms with E-state index < -0.39 is 0 Å². The first-order valence-corrected chi connectivity index (χ1v) is 7.76. The van der Waals surface area contributed by atoms with E-state index in [-0.39, 0.29) is 0 Å². The van der Waals surface area contributed by atoms with E-state index in [4.69, 9.17) is 5.73 Å². The lowest BCUT2D eigenvalue weighted by Crippen LogP contribution is -1.90. The normalized spacial score (nSPS) is 10.8. The molecule has 0 radical (unpaired) electrons. The van der Waals surface area contributed by atoms with Gasteiger partial charge < -0.3 is 5.73 Å². The molecule has 2 N–H and O–H groups in total. The SMILES string of the molecule is Nc1ccc(CCSc2ccc3ccccc3c2)cc1. The van der Waals surface area contributed by atoms with E-state index >= 15 is 0 Å². The fourth-order valence-corrected chi connectivity index (χ4v) is 3.18. The number of thioether (sulfide) groups is 1. The molecule has 3 aromatic rings. The lowest BCUT2D eigenvalue weighted by molar-refractivity contribution is 1.16. The van der Waals surface area contributed by atoms with Crippen LogP contribution in [0.15, 0.2) is 71.6 Å². The zero-order valence-corrected chi connectivity index (χ0v) is 12.1. The molecule has 0 atom stereocenters. The Balaban J connectivity index is 1.63. The standard InChI is InChI=1S/C18H17NS/c19-17-8-5-14(6-9-17)11-12-20-18-10-7-15-3-1-2-4-16(15)13-18/h1-10,13H,11-12,19H2. The van der Waals surface area contributed by atoms with Crippen molar-refractivity contribution in [1.82, 2.24) is 0 Å². The number of hydrogen-bond acceptors (Lipinski definition) is 2. The van der Waals surface area contributed by atoms with Crippen molar-refractivity contribution in [3.63, 3.8) is 0 Å². The van der Waals surface area contributed by atoms with Gasteiger partial charge in [0.2, 0.25) is 0 Å². The molecule has 0 fully saturated rings. The first kappa shape index (κ1) is 13.1. The minimum absolute atomic E-state index is 0.830. The van der Waals surface area contributed by atoms with Gasteiger partial charge in [-0.05, 0) is 47.0 Å². The number of hydrogen-bond donors (Lipinski definition) is 1. The third-order valence-corrected chi connectivity index (χ3v) is 4.36. The highest BCUT2D eigenvalue weighted by Crippen LogP contribution is 2.24. The summed E-state index contributed by atoms with van der Waals surface area (Å²) < 4.78 is 0. The Hall–Kier alpha value is -1.93. The Bertz CT molecular complexity index is 704. The summed E-state index contributed by atoms with van der Waals surface area (Å²) in [5.41, 5.74) is 7.86. The Kier molecular flexibility index (Phi) is 3.93. The van der Waals surface area contributed by atoms with Crippen LogP contribution in [0.1, 0.15) is 5.56 Å². The molecular formula is C18H17NS. The van der Waals surface area contributed by atoms with E-state index in [9.17, 15) is 0 Å². The zero-order chi connectivity index (χ0) is 13.8. The number of fused-ring (bicyclic) bond motifs is 1. The summed E-state index contributed by atoms with van der Waals surface area (Å²) in [6.07, 6.45) is 1.07. The molecule has 3 aromatic carbocycles. The molecule has 0 heterocycles. The Labute approximate surface area is 123 Å². The van der Waals surface area contributed by atoms with Crippen molar-refractivity contribution in [3.05, 3.63) is 72.3 Å². The molecule has 0 spiro atoms. The van der Waals surface area contributed by atoms with E-state index in [1.165, 1.54) is 21.2 Å². The van der Waals surface area contributed by atoms with Gasteiger partial charge in [-0.3, -0.25) is 0 Å². The van der Waals surface area contributed by atoms with E-state index in [1.807, 2.05) is 23.9 Å². The Morgan fingerprint density at radius 3 is 2.35 bits per heavy atom. The van der Waals surface area contributed by atoms with Crippen molar-refractivity contribution in [2.24, 2.45) is 0 Å². The van der Waals surface area contributed by atoms with Gasteiger partial charge in [-0.25, -0.2) is 0 Å². The average molecular weight is 279 g/mol. The van der Waals surface area contributed by atoms with Crippen molar-refractivity contribution >= 4 is 28.2 Å². The maximum Gasteiger partial charge on any atom is 0.0314 e. The van der Waals surface area contributed by atoms with Gasteiger partial charge in [0.05, 0.1) is 0 Å². The summed E-state index contributed by atoms with van der Waals surface area (Å²) in [5.74, 6) is 1.09. The summed E-state index contributed by atoms with van der Waals surface area (Å²) >= 11 is 1.90. The molecular weight excluding hydrogens is 262 g/mol. The van der Waals surface area contributed by atoms with E-state index in [2.05, 4.69) is 54.6 Å². The van der Waals surface area contributed by atoms with Crippen LogP contribution in [0.4, 0.5) is 5.69 Å². The van der Waals surface area contributed by atoms with Crippen molar-refractivity contribution in [2.75, 3.05) is 11.5 Å². The summed E-state index contributed by atoms with van der Waals surface area (Å²) in [7, 11) is 0. The first-order valence-electron chi connectivity index (χ1n) is 6.77. The van der Waals surface area contributed by atoms with Crippen LogP contribution in [0.5, 0.6) is 0 Å². The van der Waals surface area contributed by atoms with Gasteiger partial charge >= 0.3 is 0 Å². The van der Waals surface area contributed by atoms with Crippen molar-refractivity contribution in [2.45, 2.75) is 11.3 Å². The van der Waals surface area contributed by atoms with Gasteiger partial charge in [0.25, 0.3) is 0 Å². The van der Waals surface area contributed by atoms with Crippen molar-refractivity contribution in [1.29, 1.82) is 0 Å². The molecule has 100 valence electrons. The second-order valence-electron chi connectivity index (χ2n) is 4.85. The summed E-state index contributed by atoms with van der Waals surface area (Å²) in [6.45, 7) is 0. The molecule has 0 saturated heterocycles. The summed E-state index contributed by atoms with van der Waals surface area (Å²) in [5, 5.41) is 2.61. The third-order valence-electron chi connectivity index (χ3n) is 3.36. The van der Waals surface area contributed by atoms with Crippen molar-refractivity contribution < 1.29 is 0 Å². The number of benzene rings is 3. The van der Waals surface area contributed by atoms with Crippen LogP contribution in [-0.4, -0.2) is 5.75 Å². The Morgan fingerprint density at radius 2 is 1.55 bits per heavy atom. The lowest BCUT2D eigenvalue weighted by Gasteiger charge is -2.04. The molecule has 0 aliphatic rings. The molecule has 0 aliphatic carbocycles. The van der Waals surface area contributed by atoms with Crippen LogP contribution >= 0.6 is 11.8 Å². The van der Waals surface area contributed by atoms with Crippen LogP contribution in [0, 0.1) is 0 Å². The van der Waals surface area contributed by atoms with Crippen LogP contribution in [-0.2, 0) is 6.42 Å². The summed E-state index contributed by atoms with van der Waals surface area (Å²) in [4.78, 5) is 1.33. The molecule has 3 rings (SSSR count). The second kappa shape index (κ2) is 6.02. The molecule has 2 heteroatoms. The molecule has 0 saturated carbocycles. The number of nitrogen functional groups attached to an aromatic ring is 1. The smallest absolute Gasteiger partial charge is 0.0314 e. The highest BCUT2D eigenvalue weighted by atomic mass is 32.2. The topological polar surface area (TPSA) is 26.0 Å². The largest absolute Gasteiger partial charge is 0.399 e. The number of rotatable bonds is 4. The van der Waals surface area contributed by atoms with Crippen LogP contribution in [0.3, 0.4) is 0 Å². The third kappa shape index (κ3) is 3.14. The zero-order valence-electron chi connectivity index (χ0n) is 11.3. The van der Waals surface area contributed by atoms with E-state index in [0.29, 0.717) is 0 Å². The van der Waals surface area contributed by atoms with Crippen LogP contribution in [0.2, 0.25) is 0 Å². The molecule has 1 nitrogen and oxygen atoms in total. The van der Waals surface area contributed by atoms with Crippen LogP contribution in [0.25, 0.3) is 10.8 Å². The predicted octanol–water partition coefficient (Wildman–Crippen LogP) is 4.76. The number of aryl methyl sites for hydroxylation is 1. The van der Waals surface area contributed by atoms with Crippen LogP contribution < -0.4 is 5.73 Å². The molecule has 0 aliphatic heterocycles. The van der Waals surface area contributed by atoms with Gasteiger partial charge in [0.15, 0.2) is 0 Å². The molecule has 0 amide bonds. The quantitative estimate of drug-likeness (QED) is 0.550. The minimum Gasteiger partial charge on any atom is -0.399 e. The molecule has 0 unspecified atom stereocenters. The predicted molar refractivity (Wildman–Crippen MR) is 89.2 cm³/mol. The second-order valence-corrected chi connectivity index (χ2v) is 6.02. The Morgan fingerprint density at radius 1 is 0.800 bits per heavy atom. The average Bonchev–Trinajstić information content (AvgIpc) is 2.49. The molecule has 20 heavy (non-hydrogen) atoms. The first-order chi connectivity index (χ1) is 9.81. The van der Waals surface area contributed by atoms with Crippen molar-refractivity contribution in [3.8, 4) is 0 Å². The van der Waals surface area contributed by atoms with Gasteiger partial charge in [0.1, 0.15) is 0 Å². The molecule has 0 bridgehead atoms. The minimum atomic E-state index is 0.830. The fourth-order valence-electron chi connectivity index (χ4n) is 2.23. The van der Waals surface area contributed by atoms with Gasteiger partial charge in [0, 0.05) is 16.3 Å². The summed E-state index contributed by atoms with van der Waals surface area (Å²) in [6, 6.07) is 23.3. The van der Waals surface area contributed by atoms with Gasteiger partial charge in [-0.15, -0.1) is 11.8 Å². The lowest BCUT2D eigenvalue weighted by atomic mass is 10.1. The number of anilines is 1. The van der Waals surface area contributed by atoms with E-state index in [0.717, 1.165) is 17.9 Å². The molecule has 0 aromatic heterocycles. The van der Waals surface area contributed by atoms with Gasteiger partial charge in [-0.1, -0.05) is 42.5 Å². The highest BCUT2D eigenvalue weighted by Gasteiger charge is 1.98. The fraction of sp³-hybridized carbons (Fsp3) is 0.111. The maximum absolute atomic E-state index is 5.69. The number of nitrogens with two attached hydrogens (primary N) is 1.